The van der Waals surface area contributed by atoms with Gasteiger partial charge in [-0.3, -0.25) is 0 Å². The summed E-state index contributed by atoms with van der Waals surface area (Å²) in [5.41, 5.74) is 1.15. The van der Waals surface area contributed by atoms with Crippen LogP contribution in [0.5, 0.6) is 0 Å². The molecule has 0 amide bonds. The molecule has 1 aromatic rings. The van der Waals surface area contributed by atoms with Gasteiger partial charge in [0.1, 0.15) is 0 Å². The van der Waals surface area contributed by atoms with Gasteiger partial charge in [-0.15, -0.1) is 0 Å². The lowest BCUT2D eigenvalue weighted by Crippen LogP contribution is -2.08. The quantitative estimate of drug-likeness (QED) is 0.734. The number of benzene rings is 1. The van der Waals surface area contributed by atoms with Crippen LogP contribution in [0, 0.1) is 0 Å². The SMILES string of the molecule is CC(CON)c1cccc(Cl)c1. The molecule has 0 spiro atoms. The lowest BCUT2D eigenvalue weighted by Gasteiger charge is -2.09. The molecule has 0 saturated heterocycles. The zero-order chi connectivity index (χ0) is 8.97. The van der Waals surface area contributed by atoms with Gasteiger partial charge in [0.25, 0.3) is 0 Å². The molecule has 0 heterocycles. The van der Waals surface area contributed by atoms with Gasteiger partial charge in [0.15, 0.2) is 0 Å². The first-order valence-electron chi connectivity index (χ1n) is 3.81. The standard InChI is InChI=1S/C9H12ClNO/c1-7(6-12-11)8-3-2-4-9(10)5-8/h2-5,7H,6,11H2,1H3. The van der Waals surface area contributed by atoms with Crippen LogP contribution in [0.1, 0.15) is 18.4 Å². The molecule has 0 aliphatic rings. The van der Waals surface area contributed by atoms with Gasteiger partial charge < -0.3 is 4.84 Å². The van der Waals surface area contributed by atoms with E-state index in [-0.39, 0.29) is 5.92 Å². The third-order valence-electron chi connectivity index (χ3n) is 1.76. The van der Waals surface area contributed by atoms with Crippen LogP contribution in [0.4, 0.5) is 0 Å². The molecule has 0 aromatic heterocycles. The maximum atomic E-state index is 5.82. The van der Waals surface area contributed by atoms with Crippen molar-refractivity contribution in [3.8, 4) is 0 Å². The molecule has 0 radical (unpaired) electrons. The predicted octanol–water partition coefficient (Wildman–Crippen LogP) is 2.33. The summed E-state index contributed by atoms with van der Waals surface area (Å²) in [6.07, 6.45) is 0. The molecule has 2 nitrogen and oxygen atoms in total. The third kappa shape index (κ3) is 2.48. The summed E-state index contributed by atoms with van der Waals surface area (Å²) in [4.78, 5) is 4.55. The molecule has 1 atom stereocenters. The van der Waals surface area contributed by atoms with Gasteiger partial charge in [-0.1, -0.05) is 30.7 Å². The van der Waals surface area contributed by atoms with Crippen LogP contribution in [0.15, 0.2) is 24.3 Å². The van der Waals surface area contributed by atoms with Crippen molar-refractivity contribution in [1.29, 1.82) is 0 Å². The first-order valence-corrected chi connectivity index (χ1v) is 4.19. The molecule has 3 heteroatoms. The fraction of sp³-hybridized carbons (Fsp3) is 0.333. The molecule has 0 aliphatic carbocycles. The molecule has 2 N–H and O–H groups in total. The summed E-state index contributed by atoms with van der Waals surface area (Å²) in [6.45, 7) is 2.55. The Balaban J connectivity index is 2.73. The lowest BCUT2D eigenvalue weighted by molar-refractivity contribution is 0.126. The monoisotopic (exact) mass is 185 g/mol. The van der Waals surface area contributed by atoms with E-state index in [2.05, 4.69) is 4.84 Å². The maximum absolute atomic E-state index is 5.82. The van der Waals surface area contributed by atoms with Crippen LogP contribution in [-0.2, 0) is 4.84 Å². The fourth-order valence-electron chi connectivity index (χ4n) is 1.05. The Labute approximate surface area is 77.2 Å². The maximum Gasteiger partial charge on any atom is 0.0745 e. The van der Waals surface area contributed by atoms with E-state index < -0.39 is 0 Å². The normalized spacial score (nSPS) is 12.9. The van der Waals surface area contributed by atoms with E-state index in [9.17, 15) is 0 Å². The van der Waals surface area contributed by atoms with Crippen molar-refractivity contribution in [2.75, 3.05) is 6.61 Å². The second-order valence-corrected chi connectivity index (χ2v) is 3.23. The summed E-state index contributed by atoms with van der Waals surface area (Å²) >= 11 is 5.82. The van der Waals surface area contributed by atoms with Crippen LogP contribution >= 0.6 is 11.6 Å². The molecule has 0 fully saturated rings. The average Bonchev–Trinajstić information content (AvgIpc) is 2.05. The second kappa shape index (κ2) is 4.45. The lowest BCUT2D eigenvalue weighted by atomic mass is 10.0. The zero-order valence-corrected chi connectivity index (χ0v) is 7.71. The van der Waals surface area contributed by atoms with Crippen molar-refractivity contribution < 1.29 is 4.84 Å². The van der Waals surface area contributed by atoms with E-state index in [1.54, 1.807) is 0 Å². The van der Waals surface area contributed by atoms with Gasteiger partial charge in [0.2, 0.25) is 0 Å². The summed E-state index contributed by atoms with van der Waals surface area (Å²) in [6, 6.07) is 7.70. The van der Waals surface area contributed by atoms with Crippen LogP contribution in [0.25, 0.3) is 0 Å². The number of nitrogens with two attached hydrogens (primary N) is 1. The first kappa shape index (κ1) is 9.52. The van der Waals surface area contributed by atoms with Crippen LogP contribution in [-0.4, -0.2) is 6.61 Å². The average molecular weight is 186 g/mol. The van der Waals surface area contributed by atoms with Crippen molar-refractivity contribution in [1.82, 2.24) is 0 Å². The number of rotatable bonds is 3. The highest BCUT2D eigenvalue weighted by atomic mass is 35.5. The highest BCUT2D eigenvalue weighted by Gasteiger charge is 2.04. The second-order valence-electron chi connectivity index (χ2n) is 2.79. The molecule has 0 saturated carbocycles. The summed E-state index contributed by atoms with van der Waals surface area (Å²) < 4.78 is 0. The minimum absolute atomic E-state index is 0.286. The van der Waals surface area contributed by atoms with Gasteiger partial charge >= 0.3 is 0 Å². The Morgan fingerprint density at radius 2 is 2.33 bits per heavy atom. The van der Waals surface area contributed by atoms with E-state index in [1.165, 1.54) is 0 Å². The molecule has 0 aliphatic heterocycles. The van der Waals surface area contributed by atoms with Gasteiger partial charge in [-0.2, -0.15) is 0 Å². The van der Waals surface area contributed by atoms with E-state index in [0.717, 1.165) is 10.6 Å². The molecule has 1 unspecified atom stereocenters. The van der Waals surface area contributed by atoms with Crippen LogP contribution in [0.2, 0.25) is 5.02 Å². The minimum Gasteiger partial charge on any atom is -0.304 e. The molecule has 1 rings (SSSR count). The summed E-state index contributed by atoms with van der Waals surface area (Å²) in [7, 11) is 0. The number of hydrogen-bond acceptors (Lipinski definition) is 2. The largest absolute Gasteiger partial charge is 0.304 e. The van der Waals surface area contributed by atoms with Crippen molar-refractivity contribution in [3.05, 3.63) is 34.9 Å². The molecule has 0 bridgehead atoms. The Morgan fingerprint density at radius 3 is 2.92 bits per heavy atom. The van der Waals surface area contributed by atoms with Crippen molar-refractivity contribution in [2.24, 2.45) is 5.90 Å². The zero-order valence-electron chi connectivity index (χ0n) is 6.96. The van der Waals surface area contributed by atoms with E-state index in [4.69, 9.17) is 17.5 Å². The van der Waals surface area contributed by atoms with Gasteiger partial charge in [-0.05, 0) is 17.7 Å². The summed E-state index contributed by atoms with van der Waals surface area (Å²) in [5.74, 6) is 5.26. The third-order valence-corrected chi connectivity index (χ3v) is 2.00. The number of hydrogen-bond donors (Lipinski definition) is 1. The highest BCUT2D eigenvalue weighted by molar-refractivity contribution is 6.30. The summed E-state index contributed by atoms with van der Waals surface area (Å²) in [5, 5.41) is 0.747. The topological polar surface area (TPSA) is 35.2 Å². The van der Waals surface area contributed by atoms with Crippen molar-refractivity contribution in [3.63, 3.8) is 0 Å². The fourth-order valence-corrected chi connectivity index (χ4v) is 1.25. The Kier molecular flexibility index (Phi) is 3.53. The van der Waals surface area contributed by atoms with Gasteiger partial charge in [0, 0.05) is 10.9 Å². The van der Waals surface area contributed by atoms with Crippen LogP contribution in [0.3, 0.4) is 0 Å². The smallest absolute Gasteiger partial charge is 0.0745 e. The predicted molar refractivity (Wildman–Crippen MR) is 50.0 cm³/mol. The van der Waals surface area contributed by atoms with E-state index in [1.807, 2.05) is 31.2 Å². The molecule has 12 heavy (non-hydrogen) atoms. The molecular formula is C9H12ClNO. The molecule has 1 aromatic carbocycles. The molecular weight excluding hydrogens is 174 g/mol. The van der Waals surface area contributed by atoms with Gasteiger partial charge in [0.05, 0.1) is 6.61 Å². The Hall–Kier alpha value is -0.570. The van der Waals surface area contributed by atoms with Crippen molar-refractivity contribution >= 4 is 11.6 Å². The highest BCUT2D eigenvalue weighted by Crippen LogP contribution is 2.18. The number of halogens is 1. The Morgan fingerprint density at radius 1 is 1.58 bits per heavy atom. The minimum atomic E-state index is 0.286. The van der Waals surface area contributed by atoms with Gasteiger partial charge in [-0.25, -0.2) is 5.90 Å². The van der Waals surface area contributed by atoms with Crippen LogP contribution < -0.4 is 5.90 Å². The first-order chi connectivity index (χ1) is 5.74. The van der Waals surface area contributed by atoms with Crippen molar-refractivity contribution in [2.45, 2.75) is 12.8 Å². The van der Waals surface area contributed by atoms with E-state index >= 15 is 0 Å². The van der Waals surface area contributed by atoms with E-state index in [0.29, 0.717) is 6.61 Å². The molecule has 66 valence electrons. The Bertz CT molecular complexity index is 252.